The number of aryl methyl sites for hydroxylation is 4. The molecule has 0 bridgehead atoms. The highest BCUT2D eigenvalue weighted by Crippen LogP contribution is 2.50. The third kappa shape index (κ3) is 13.7. The number of benzene rings is 2. The molecule has 4 saturated heterocycles. The lowest BCUT2D eigenvalue weighted by Crippen LogP contribution is -2.60. The molecule has 2 aromatic carbocycles. The second-order valence-electron chi connectivity index (χ2n) is 30.6. The molecule has 2 aliphatic carbocycles. The Labute approximate surface area is 639 Å². The number of amides is 6. The van der Waals surface area contributed by atoms with Crippen molar-refractivity contribution < 1.29 is 38.2 Å². The third-order valence-corrected chi connectivity index (χ3v) is 23.4. The fourth-order valence-electron chi connectivity index (χ4n) is 17.2. The van der Waals surface area contributed by atoms with Crippen LogP contribution in [0.3, 0.4) is 0 Å². The number of para-hydroxylation sites is 2. The van der Waals surface area contributed by atoms with Gasteiger partial charge in [0.25, 0.3) is 22.9 Å². The summed E-state index contributed by atoms with van der Waals surface area (Å²) in [6.45, 7) is 8.41. The highest BCUT2D eigenvalue weighted by Gasteiger charge is 2.50. The van der Waals surface area contributed by atoms with Gasteiger partial charge in [0.05, 0.1) is 81.8 Å². The predicted molar refractivity (Wildman–Crippen MR) is 413 cm³/mol. The summed E-state index contributed by atoms with van der Waals surface area (Å²) < 4.78 is 18.0. The Kier molecular flexibility index (Phi) is 18.8. The zero-order valence-corrected chi connectivity index (χ0v) is 63.3. The monoisotopic (exact) mass is 1530 g/mol. The van der Waals surface area contributed by atoms with Crippen molar-refractivity contribution in [3.05, 3.63) is 128 Å². The van der Waals surface area contributed by atoms with Crippen molar-refractivity contribution in [3.63, 3.8) is 0 Å². The van der Waals surface area contributed by atoms with Gasteiger partial charge in [0.1, 0.15) is 21.3 Å². The lowest BCUT2D eigenvalue weighted by atomic mass is 9.64. The molecule has 7 atom stereocenters. The van der Waals surface area contributed by atoms with Crippen LogP contribution in [-0.4, -0.2) is 157 Å². The fraction of sp³-hybridized carbons (Fsp3) is 0.421. The summed E-state index contributed by atoms with van der Waals surface area (Å²) in [6.07, 6.45) is 12.2. The van der Waals surface area contributed by atoms with Gasteiger partial charge >= 0.3 is 0 Å². The predicted octanol–water partition coefficient (Wildman–Crippen LogP) is 7.92. The second-order valence-corrected chi connectivity index (χ2v) is 31.4. The maximum Gasteiger partial charge on any atom is 0.294 e. The molecule has 110 heavy (non-hydrogen) atoms. The first-order valence-electron chi connectivity index (χ1n) is 36.8. The standard InChI is InChI=1S/C76H82Cl2N22O10/c1-38-27-75(21-19-51(38)85-53-13-9-11-45-60(91-97(7)62(45)53)47-15-17-57(101)87-69(47)105)34-99(35-75)73-81-31-49(77)64(89-73)83-43-23-41-25-55(71(107)94(4)66(41)79-29-43)109-33-59(103)96(6)93-68(104)40(3)110-56-26-42-24-44(30-80-67(42)95(5)72(56)108)84-65-50(78)32-82-74(90-65)100-36-76(37-100)22-20-52(39(2)28-76)86-54-14-10-12-46-61(92-98(8)63(46)54)48-16-18-58(102)88-70(48)106/h9-14,23-26,29-32,38-40,47-48,51-52,85-86H,15-22,27-28,33-37H2,1-8H3,(H,93,104)(H,81,83,89)(H,82,84,90)(H,87,101,105)(H,88,102,106)/t38-,39-,40?,47?,48?,51+,52+/m0/s1. The molecule has 32 nitrogen and oxygen atoms in total. The average Bonchev–Trinajstić information content (AvgIpc) is 1.11. The molecule has 0 radical (unpaired) electrons. The van der Waals surface area contributed by atoms with Crippen molar-refractivity contribution in [3.8, 4) is 11.5 Å². The van der Waals surface area contributed by atoms with Gasteiger partial charge in [-0.15, -0.1) is 0 Å². The number of piperidine rings is 2. The Hall–Kier alpha value is -11.5. The molecule has 6 amide bonds. The minimum atomic E-state index is -1.29. The highest BCUT2D eigenvalue weighted by molar-refractivity contribution is 6.33. The van der Waals surface area contributed by atoms with E-state index < -0.39 is 47.5 Å². The van der Waals surface area contributed by atoms with Crippen LogP contribution in [0.5, 0.6) is 11.5 Å². The van der Waals surface area contributed by atoms with Crippen molar-refractivity contribution in [2.24, 2.45) is 50.9 Å². The maximum absolute atomic E-state index is 13.7. The van der Waals surface area contributed by atoms with Crippen molar-refractivity contribution in [2.75, 3.05) is 70.9 Å². The number of imide groups is 2. The van der Waals surface area contributed by atoms with Crippen LogP contribution in [0.15, 0.2) is 95.0 Å². The number of likely N-dealkylation sites (N-methyl/N-ethyl adjacent to an activating group) is 1. The van der Waals surface area contributed by atoms with Crippen molar-refractivity contribution in [1.82, 2.24) is 79.7 Å². The van der Waals surface area contributed by atoms with E-state index in [-0.39, 0.29) is 80.9 Å². The molecule has 570 valence electrons. The van der Waals surface area contributed by atoms with Crippen LogP contribution in [0.4, 0.5) is 46.3 Å². The molecule has 2 spiro atoms. The van der Waals surface area contributed by atoms with Crippen LogP contribution in [0.1, 0.15) is 108 Å². The molecule has 2 saturated carbocycles. The maximum atomic E-state index is 13.7. The van der Waals surface area contributed by atoms with Gasteiger partial charge in [-0.2, -0.15) is 20.2 Å². The van der Waals surface area contributed by atoms with Gasteiger partial charge in [0, 0.05) is 119 Å². The van der Waals surface area contributed by atoms with E-state index in [0.717, 1.165) is 103 Å². The first-order valence-corrected chi connectivity index (χ1v) is 37.6. The molecule has 6 fully saturated rings. The number of carbonyl (C=O) groups is 6. The molecule has 3 unspecified atom stereocenters. The van der Waals surface area contributed by atoms with Gasteiger partial charge < -0.3 is 40.5 Å². The number of carbonyl (C=O) groups excluding carboxylic acids is 6. The van der Waals surface area contributed by atoms with E-state index in [2.05, 4.69) is 93.0 Å². The van der Waals surface area contributed by atoms with Crippen LogP contribution in [-0.2, 0) is 57.0 Å². The van der Waals surface area contributed by atoms with E-state index in [0.29, 0.717) is 93.0 Å². The van der Waals surface area contributed by atoms with Crippen molar-refractivity contribution >= 4 is 149 Å². The third-order valence-electron chi connectivity index (χ3n) is 22.8. The zero-order chi connectivity index (χ0) is 76.9. The number of nitrogens with zero attached hydrogens (tertiary/aromatic N) is 15. The molecule has 7 N–H and O–H groups in total. The van der Waals surface area contributed by atoms with E-state index in [9.17, 15) is 38.4 Å². The summed E-state index contributed by atoms with van der Waals surface area (Å²) >= 11 is 13.4. The first-order chi connectivity index (χ1) is 52.7. The quantitative estimate of drug-likeness (QED) is 0.0317. The number of hydrogen-bond acceptors (Lipinski definition) is 24. The molecule has 10 aromatic rings. The van der Waals surface area contributed by atoms with E-state index in [1.807, 2.05) is 47.7 Å². The normalized spacial score (nSPS) is 21.1. The number of hydrogen-bond donors (Lipinski definition) is 7. The first kappa shape index (κ1) is 72.6. The molecular formula is C76H82Cl2N22O10. The summed E-state index contributed by atoms with van der Waals surface area (Å²) in [6, 6.07) is 18.9. The number of halogens is 2. The number of ether oxygens (including phenoxy) is 2. The highest BCUT2D eigenvalue weighted by atomic mass is 35.5. The van der Waals surface area contributed by atoms with E-state index in [1.165, 1.54) is 49.3 Å². The molecule has 4 aliphatic heterocycles. The van der Waals surface area contributed by atoms with Gasteiger partial charge in [-0.1, -0.05) is 61.3 Å². The van der Waals surface area contributed by atoms with E-state index >= 15 is 0 Å². The fourth-order valence-corrected chi connectivity index (χ4v) is 17.5. The molecule has 34 heteroatoms. The van der Waals surface area contributed by atoms with Crippen LogP contribution in [0.2, 0.25) is 10.0 Å². The Morgan fingerprint density at radius 3 is 1.53 bits per heavy atom. The summed E-state index contributed by atoms with van der Waals surface area (Å²) in [4.78, 5) is 136. The Bertz CT molecular complexity index is 5600. The summed E-state index contributed by atoms with van der Waals surface area (Å²) in [7, 11) is 8.14. The zero-order valence-electron chi connectivity index (χ0n) is 61.8. The van der Waals surface area contributed by atoms with Crippen LogP contribution in [0, 0.1) is 22.7 Å². The average molecular weight is 1530 g/mol. The number of nitrogens with one attached hydrogen (secondary N) is 7. The number of pyridine rings is 4. The van der Waals surface area contributed by atoms with Crippen LogP contribution in [0.25, 0.3) is 43.9 Å². The molecule has 16 rings (SSSR count). The summed E-state index contributed by atoms with van der Waals surface area (Å²) in [5.74, 6) is -1.52. The largest absolute Gasteiger partial charge is 0.478 e. The number of anilines is 8. The Morgan fingerprint density at radius 1 is 0.618 bits per heavy atom. The lowest BCUT2D eigenvalue weighted by Gasteiger charge is -2.55. The number of rotatable bonds is 18. The van der Waals surface area contributed by atoms with Gasteiger partial charge in [0.2, 0.25) is 35.5 Å². The lowest BCUT2D eigenvalue weighted by molar-refractivity contribution is -0.143. The molecule has 6 aliphatic rings. The Morgan fingerprint density at radius 2 is 1.07 bits per heavy atom. The number of fused-ring (bicyclic) bond motifs is 4. The van der Waals surface area contributed by atoms with Gasteiger partial charge in [-0.05, 0) is 107 Å². The number of hydrazine groups is 1. The number of aromatic nitrogens is 12. The van der Waals surface area contributed by atoms with Gasteiger partial charge in [-0.3, -0.25) is 77.9 Å². The van der Waals surface area contributed by atoms with Crippen molar-refractivity contribution in [2.45, 2.75) is 115 Å². The molecule has 8 aromatic heterocycles. The second kappa shape index (κ2) is 28.5. The molecular weight excluding hydrogens is 1450 g/mol. The minimum absolute atomic E-state index is 0.0738. The van der Waals surface area contributed by atoms with Crippen LogP contribution < -0.4 is 67.7 Å². The van der Waals surface area contributed by atoms with Crippen LogP contribution >= 0.6 is 23.2 Å². The molecule has 12 heterocycles. The summed E-state index contributed by atoms with van der Waals surface area (Å²) in [5, 5.41) is 32.9. The van der Waals surface area contributed by atoms with Gasteiger partial charge in [0.15, 0.2) is 35.8 Å². The van der Waals surface area contributed by atoms with Crippen molar-refractivity contribution in [1.29, 1.82) is 0 Å². The van der Waals surface area contributed by atoms with E-state index in [1.54, 1.807) is 36.9 Å². The summed E-state index contributed by atoms with van der Waals surface area (Å²) in [5.41, 5.74) is 8.28. The minimum Gasteiger partial charge on any atom is -0.478 e. The van der Waals surface area contributed by atoms with Gasteiger partial charge in [-0.25, -0.2) is 19.9 Å². The SMILES string of the molecule is CC(Oc1cc2cc(Nc3nc(N4CC5(CC[C@@H](Nc6cccc7c(C8CCC(=O)NC8=O)nn(C)c67)[C@@H](C)C5)C4)ncc3Cl)cnc2n(C)c1=O)C(=O)NN(C)C(=O)COc1cc2cc(Nc3nc(N4CC5(CC[C@@H](Nc6cccc7c(C8CCC(=O)NC8=O)nn(C)c67)[C@@H](C)C5)C4)ncc3Cl)cnc2n(C)c1=O. The Balaban J connectivity index is 0.504. The topological polar surface area (TPSA) is 372 Å². The van der Waals surface area contributed by atoms with E-state index in [4.69, 9.17) is 52.8 Å². The smallest absolute Gasteiger partial charge is 0.294 e.